The molecule has 3 aromatic carbocycles. The molecule has 6 nitrogen and oxygen atoms in total. The van der Waals surface area contributed by atoms with Crippen LogP contribution in [-0.4, -0.2) is 50.3 Å². The van der Waals surface area contributed by atoms with Crippen molar-refractivity contribution in [3.8, 4) is 5.75 Å². The van der Waals surface area contributed by atoms with Gasteiger partial charge in [-0.25, -0.2) is 12.7 Å². The molecule has 0 aliphatic carbocycles. The summed E-state index contributed by atoms with van der Waals surface area (Å²) in [4.78, 5) is 15.1. The number of carbonyl (C=O) groups is 1. The van der Waals surface area contributed by atoms with E-state index in [1.807, 2.05) is 91.0 Å². The van der Waals surface area contributed by atoms with Crippen molar-refractivity contribution in [3.05, 3.63) is 102 Å². The van der Waals surface area contributed by atoms with Gasteiger partial charge in [0, 0.05) is 38.5 Å². The number of para-hydroxylation sites is 1. The lowest BCUT2D eigenvalue weighted by Crippen LogP contribution is -2.50. The number of carbonyl (C=O) groups excluding carboxylic acids is 1. The Morgan fingerprint density at radius 1 is 0.917 bits per heavy atom. The summed E-state index contributed by atoms with van der Waals surface area (Å²) in [5.41, 5.74) is 1.20. The molecule has 1 aliphatic rings. The minimum absolute atomic E-state index is 0.0159. The van der Waals surface area contributed by atoms with Gasteiger partial charge >= 0.3 is 0 Å². The van der Waals surface area contributed by atoms with Crippen molar-refractivity contribution >= 4 is 15.9 Å². The lowest BCUT2D eigenvalue weighted by atomic mass is 9.78. The van der Waals surface area contributed by atoms with E-state index in [1.165, 1.54) is 0 Å². The summed E-state index contributed by atoms with van der Waals surface area (Å²) in [5.74, 6) is 0.648. The van der Waals surface area contributed by atoms with Gasteiger partial charge in [-0.2, -0.15) is 0 Å². The molecule has 0 bridgehead atoms. The second-order valence-corrected chi connectivity index (χ2v) is 11.7. The zero-order chi connectivity index (χ0) is 25.4. The molecule has 0 saturated carbocycles. The average Bonchev–Trinajstić information content (AvgIpc) is 2.89. The summed E-state index contributed by atoms with van der Waals surface area (Å²) >= 11 is 0. The maximum Gasteiger partial charge on any atom is 0.223 e. The van der Waals surface area contributed by atoms with Crippen molar-refractivity contribution in [1.29, 1.82) is 0 Å². The largest absolute Gasteiger partial charge is 0.493 e. The van der Waals surface area contributed by atoms with Crippen molar-refractivity contribution < 1.29 is 17.9 Å². The van der Waals surface area contributed by atoms with Crippen LogP contribution in [0.5, 0.6) is 5.75 Å². The quantitative estimate of drug-likeness (QED) is 0.399. The Morgan fingerprint density at radius 3 is 2.14 bits per heavy atom. The standard InChI is InChI=1S/C29H34N2O4S/c1-30(21-25-12-5-2-6-13-25)28(32)20-29(24-35-27-16-9-4-10-17-27)18-11-19-31(23-29)36(33,34)22-26-14-7-3-8-15-26/h2-10,12-17H,11,18-24H2,1H3/t29-/m1/s1. The summed E-state index contributed by atoms with van der Waals surface area (Å²) in [6, 6.07) is 28.6. The van der Waals surface area contributed by atoms with Gasteiger partial charge in [-0.15, -0.1) is 0 Å². The van der Waals surface area contributed by atoms with E-state index in [4.69, 9.17) is 4.74 Å². The molecule has 190 valence electrons. The topological polar surface area (TPSA) is 66.9 Å². The minimum atomic E-state index is -3.54. The lowest BCUT2D eigenvalue weighted by molar-refractivity contribution is -0.134. The molecule has 0 radical (unpaired) electrons. The van der Waals surface area contributed by atoms with Crippen LogP contribution >= 0.6 is 0 Å². The summed E-state index contributed by atoms with van der Waals surface area (Å²) < 4.78 is 34.4. The van der Waals surface area contributed by atoms with Crippen molar-refractivity contribution in [2.75, 3.05) is 26.7 Å². The van der Waals surface area contributed by atoms with Crippen LogP contribution in [0.3, 0.4) is 0 Å². The summed E-state index contributed by atoms with van der Waals surface area (Å²) in [5, 5.41) is 0. The predicted octanol–water partition coefficient (Wildman–Crippen LogP) is 4.73. The molecule has 0 aromatic heterocycles. The fraction of sp³-hybridized carbons (Fsp3) is 0.345. The molecule has 3 aromatic rings. The van der Waals surface area contributed by atoms with Gasteiger partial charge in [-0.1, -0.05) is 78.9 Å². The Balaban J connectivity index is 1.52. The molecule has 0 spiro atoms. The van der Waals surface area contributed by atoms with E-state index in [1.54, 1.807) is 16.3 Å². The number of piperidine rings is 1. The zero-order valence-corrected chi connectivity index (χ0v) is 21.6. The van der Waals surface area contributed by atoms with E-state index < -0.39 is 15.4 Å². The van der Waals surface area contributed by atoms with Crippen molar-refractivity contribution in [2.24, 2.45) is 5.41 Å². The van der Waals surface area contributed by atoms with E-state index in [9.17, 15) is 13.2 Å². The van der Waals surface area contributed by atoms with Gasteiger partial charge in [0.1, 0.15) is 5.75 Å². The van der Waals surface area contributed by atoms with E-state index in [0.29, 0.717) is 25.3 Å². The number of hydrogen-bond donors (Lipinski definition) is 0. The second-order valence-electron chi connectivity index (χ2n) is 9.69. The van der Waals surface area contributed by atoms with Crippen LogP contribution in [0, 0.1) is 5.41 Å². The Hall–Kier alpha value is -3.16. The second kappa shape index (κ2) is 11.7. The number of amides is 1. The molecule has 1 amide bonds. The Bertz CT molecular complexity index is 1220. The SMILES string of the molecule is CN(Cc1ccccc1)C(=O)C[C@]1(COc2ccccc2)CCCN(S(=O)(=O)Cc2ccccc2)C1. The molecule has 0 unspecified atom stereocenters. The number of ether oxygens (including phenoxy) is 1. The van der Waals surface area contributed by atoms with Crippen LogP contribution in [-0.2, 0) is 27.1 Å². The van der Waals surface area contributed by atoms with Gasteiger partial charge in [0.25, 0.3) is 0 Å². The Kier molecular flexibility index (Phi) is 8.44. The van der Waals surface area contributed by atoms with Crippen LogP contribution in [0.15, 0.2) is 91.0 Å². The van der Waals surface area contributed by atoms with Crippen LogP contribution in [0.1, 0.15) is 30.4 Å². The molecule has 1 saturated heterocycles. The van der Waals surface area contributed by atoms with E-state index in [0.717, 1.165) is 17.5 Å². The molecule has 0 N–H and O–H groups in total. The van der Waals surface area contributed by atoms with Crippen LogP contribution in [0.25, 0.3) is 0 Å². The van der Waals surface area contributed by atoms with Crippen molar-refractivity contribution in [1.82, 2.24) is 9.21 Å². The first-order valence-corrected chi connectivity index (χ1v) is 13.9. The van der Waals surface area contributed by atoms with E-state index in [-0.39, 0.29) is 31.2 Å². The smallest absolute Gasteiger partial charge is 0.223 e. The van der Waals surface area contributed by atoms with Gasteiger partial charge in [0.05, 0.1) is 12.4 Å². The number of sulfonamides is 1. The third kappa shape index (κ3) is 6.95. The molecule has 1 fully saturated rings. The highest BCUT2D eigenvalue weighted by atomic mass is 32.2. The normalized spacial score (nSPS) is 18.5. The maximum atomic E-state index is 13.4. The van der Waals surface area contributed by atoms with Gasteiger partial charge in [0.15, 0.2) is 0 Å². The summed E-state index contributed by atoms with van der Waals surface area (Å²) in [6.45, 7) is 1.50. The van der Waals surface area contributed by atoms with E-state index in [2.05, 4.69) is 0 Å². The van der Waals surface area contributed by atoms with Crippen LogP contribution in [0.4, 0.5) is 0 Å². The van der Waals surface area contributed by atoms with Crippen LogP contribution in [0.2, 0.25) is 0 Å². The predicted molar refractivity (Wildman–Crippen MR) is 142 cm³/mol. The fourth-order valence-corrected chi connectivity index (χ4v) is 6.42. The van der Waals surface area contributed by atoms with Gasteiger partial charge in [-0.05, 0) is 36.1 Å². The highest BCUT2D eigenvalue weighted by Crippen LogP contribution is 2.37. The first-order chi connectivity index (χ1) is 17.4. The zero-order valence-electron chi connectivity index (χ0n) is 20.8. The first kappa shape index (κ1) is 25.9. The summed E-state index contributed by atoms with van der Waals surface area (Å²) in [7, 11) is -1.74. The molecule has 4 rings (SSSR count). The Labute approximate surface area is 214 Å². The molecule has 1 atom stereocenters. The monoisotopic (exact) mass is 506 g/mol. The lowest BCUT2D eigenvalue weighted by Gasteiger charge is -2.42. The van der Waals surface area contributed by atoms with Gasteiger partial charge in [-0.3, -0.25) is 4.79 Å². The fourth-order valence-electron chi connectivity index (χ4n) is 4.74. The minimum Gasteiger partial charge on any atom is -0.493 e. The molecule has 7 heteroatoms. The average molecular weight is 507 g/mol. The number of hydrogen-bond acceptors (Lipinski definition) is 4. The first-order valence-electron chi connectivity index (χ1n) is 12.3. The van der Waals surface area contributed by atoms with E-state index >= 15 is 0 Å². The molecule has 36 heavy (non-hydrogen) atoms. The van der Waals surface area contributed by atoms with Gasteiger partial charge in [0.2, 0.25) is 15.9 Å². The van der Waals surface area contributed by atoms with Gasteiger partial charge < -0.3 is 9.64 Å². The highest BCUT2D eigenvalue weighted by molar-refractivity contribution is 7.88. The summed E-state index contributed by atoms with van der Waals surface area (Å²) in [6.07, 6.45) is 1.63. The number of rotatable bonds is 10. The highest BCUT2D eigenvalue weighted by Gasteiger charge is 2.42. The molecular weight excluding hydrogens is 472 g/mol. The van der Waals surface area contributed by atoms with Crippen molar-refractivity contribution in [3.63, 3.8) is 0 Å². The number of benzene rings is 3. The third-order valence-corrected chi connectivity index (χ3v) is 8.51. The third-order valence-electron chi connectivity index (χ3n) is 6.71. The number of nitrogens with zero attached hydrogens (tertiary/aromatic N) is 2. The molecule has 1 aliphatic heterocycles. The van der Waals surface area contributed by atoms with Crippen molar-refractivity contribution in [2.45, 2.75) is 31.6 Å². The maximum absolute atomic E-state index is 13.4. The Morgan fingerprint density at radius 2 is 1.50 bits per heavy atom. The molecule has 1 heterocycles. The van der Waals surface area contributed by atoms with Crippen LogP contribution < -0.4 is 4.74 Å². The molecular formula is C29H34N2O4S.